The molecule has 1 aliphatic carbocycles. The maximum Gasteiger partial charge on any atom is 0.142 e. The minimum atomic E-state index is 0.784. The van der Waals surface area contributed by atoms with Crippen molar-refractivity contribution < 1.29 is 4.74 Å². The molecule has 0 atom stereocenters. The van der Waals surface area contributed by atoms with Crippen LogP contribution in [-0.4, -0.2) is 54.3 Å². The third kappa shape index (κ3) is 2.83. The summed E-state index contributed by atoms with van der Waals surface area (Å²) in [5.74, 6) is 2.21. The molecule has 1 aliphatic heterocycles. The van der Waals surface area contributed by atoms with Crippen molar-refractivity contribution in [3.05, 3.63) is 17.5 Å². The summed E-state index contributed by atoms with van der Waals surface area (Å²) in [6, 6.07) is 0. The first-order valence-electron chi connectivity index (χ1n) is 10.5. The number of hydrogen-bond donors (Lipinski definition) is 0. The van der Waals surface area contributed by atoms with E-state index in [1.54, 1.807) is 17.7 Å². The fraction of sp³-hybridized carbons (Fsp3) is 0.571. The molecule has 0 N–H and O–H groups in total. The summed E-state index contributed by atoms with van der Waals surface area (Å²) in [4.78, 5) is 20.4. The van der Waals surface area contributed by atoms with E-state index in [1.807, 2.05) is 0 Å². The lowest BCUT2D eigenvalue weighted by molar-refractivity contribution is 0.122. The van der Waals surface area contributed by atoms with E-state index in [9.17, 15) is 0 Å². The number of rotatable bonds is 4. The maximum absolute atomic E-state index is 5.59. The first-order valence-corrected chi connectivity index (χ1v) is 11.3. The van der Waals surface area contributed by atoms with E-state index >= 15 is 0 Å². The van der Waals surface area contributed by atoms with Crippen molar-refractivity contribution in [1.29, 1.82) is 0 Å². The number of pyridine rings is 1. The molecule has 1 saturated heterocycles. The van der Waals surface area contributed by atoms with E-state index in [-0.39, 0.29) is 0 Å². The average Bonchev–Trinajstić information content (AvgIpc) is 3.14. The molecule has 2 aliphatic rings. The summed E-state index contributed by atoms with van der Waals surface area (Å²) >= 11 is 1.80. The summed E-state index contributed by atoms with van der Waals surface area (Å²) in [7, 11) is 0. The van der Waals surface area contributed by atoms with Gasteiger partial charge in [0.2, 0.25) is 0 Å². The molecule has 0 saturated carbocycles. The number of anilines is 2. The van der Waals surface area contributed by atoms with Crippen molar-refractivity contribution in [3.8, 4) is 0 Å². The van der Waals surface area contributed by atoms with Crippen LogP contribution < -0.4 is 9.80 Å². The Hall–Kier alpha value is -1.99. The van der Waals surface area contributed by atoms with E-state index in [0.717, 1.165) is 73.8 Å². The van der Waals surface area contributed by atoms with Crippen LogP contribution in [0.5, 0.6) is 0 Å². The first-order chi connectivity index (χ1) is 13.8. The Bertz CT molecular complexity index is 1010. The maximum atomic E-state index is 5.59. The molecule has 3 aromatic heterocycles. The summed E-state index contributed by atoms with van der Waals surface area (Å²) in [5.41, 5.74) is 4.07. The van der Waals surface area contributed by atoms with Crippen LogP contribution in [0.15, 0.2) is 6.33 Å². The molecule has 0 bridgehead atoms. The minimum Gasteiger partial charge on any atom is -0.378 e. The van der Waals surface area contributed by atoms with Gasteiger partial charge in [0, 0.05) is 26.2 Å². The van der Waals surface area contributed by atoms with E-state index in [4.69, 9.17) is 9.72 Å². The van der Waals surface area contributed by atoms with Crippen molar-refractivity contribution in [3.63, 3.8) is 0 Å². The largest absolute Gasteiger partial charge is 0.378 e. The van der Waals surface area contributed by atoms with Crippen LogP contribution in [0.1, 0.15) is 37.8 Å². The summed E-state index contributed by atoms with van der Waals surface area (Å²) in [5, 5.41) is 1.13. The van der Waals surface area contributed by atoms with Crippen LogP contribution in [0.4, 0.5) is 11.6 Å². The SMILES string of the molecule is CCN(CC)c1ncnc2sc3c4c(c(N5CCOCC5)nc3c12)CCCC4. The lowest BCUT2D eigenvalue weighted by atomic mass is 9.91. The summed E-state index contributed by atoms with van der Waals surface area (Å²) in [6.45, 7) is 9.64. The van der Waals surface area contributed by atoms with Gasteiger partial charge in [0.05, 0.1) is 28.8 Å². The first kappa shape index (κ1) is 18.1. The molecule has 0 spiro atoms. The summed E-state index contributed by atoms with van der Waals surface area (Å²) < 4.78 is 6.92. The second kappa shape index (κ2) is 7.44. The highest BCUT2D eigenvalue weighted by atomic mass is 32.1. The smallest absolute Gasteiger partial charge is 0.142 e. The second-order valence-corrected chi connectivity index (χ2v) is 8.53. The highest BCUT2D eigenvalue weighted by Crippen LogP contribution is 2.43. The topological polar surface area (TPSA) is 54.4 Å². The quantitative estimate of drug-likeness (QED) is 0.667. The van der Waals surface area contributed by atoms with E-state index < -0.39 is 0 Å². The number of fused-ring (bicyclic) bond motifs is 5. The Morgan fingerprint density at radius 2 is 1.82 bits per heavy atom. The molecule has 1 fully saturated rings. The highest BCUT2D eigenvalue weighted by molar-refractivity contribution is 7.25. The lowest BCUT2D eigenvalue weighted by Crippen LogP contribution is -2.37. The van der Waals surface area contributed by atoms with Crippen LogP contribution in [-0.2, 0) is 17.6 Å². The fourth-order valence-electron chi connectivity index (χ4n) is 4.59. The normalized spacial score (nSPS) is 17.3. The second-order valence-electron chi connectivity index (χ2n) is 7.53. The van der Waals surface area contributed by atoms with Gasteiger partial charge in [-0.05, 0) is 50.7 Å². The molecule has 7 heteroatoms. The van der Waals surface area contributed by atoms with Gasteiger partial charge in [-0.15, -0.1) is 11.3 Å². The Morgan fingerprint density at radius 3 is 2.57 bits per heavy atom. The third-order valence-electron chi connectivity index (χ3n) is 6.05. The Balaban J connectivity index is 1.80. The predicted octanol–water partition coefficient (Wildman–Crippen LogP) is 3.80. The molecule has 0 unspecified atom stereocenters. The molecular formula is C21H27N5OS. The average molecular weight is 398 g/mol. The fourth-order valence-corrected chi connectivity index (χ4v) is 5.77. The van der Waals surface area contributed by atoms with E-state index in [0.29, 0.717) is 0 Å². The van der Waals surface area contributed by atoms with E-state index in [1.165, 1.54) is 34.5 Å². The molecule has 0 amide bonds. The van der Waals surface area contributed by atoms with E-state index in [2.05, 4.69) is 33.6 Å². The van der Waals surface area contributed by atoms with Gasteiger partial charge in [-0.1, -0.05) is 0 Å². The van der Waals surface area contributed by atoms with Gasteiger partial charge in [0.1, 0.15) is 22.8 Å². The van der Waals surface area contributed by atoms with Crippen LogP contribution in [0.3, 0.4) is 0 Å². The Morgan fingerprint density at radius 1 is 1.07 bits per heavy atom. The van der Waals surface area contributed by atoms with Gasteiger partial charge < -0.3 is 14.5 Å². The number of aromatic nitrogens is 3. The molecule has 4 heterocycles. The molecular weight excluding hydrogens is 370 g/mol. The number of nitrogens with zero attached hydrogens (tertiary/aromatic N) is 5. The van der Waals surface area contributed by atoms with Crippen molar-refractivity contribution in [1.82, 2.24) is 15.0 Å². The zero-order valence-electron chi connectivity index (χ0n) is 16.7. The van der Waals surface area contributed by atoms with Crippen LogP contribution in [0, 0.1) is 0 Å². The van der Waals surface area contributed by atoms with Gasteiger partial charge >= 0.3 is 0 Å². The number of morpholine rings is 1. The molecule has 0 radical (unpaired) electrons. The predicted molar refractivity (Wildman–Crippen MR) is 116 cm³/mol. The van der Waals surface area contributed by atoms with Gasteiger partial charge in [0.15, 0.2) is 0 Å². The van der Waals surface area contributed by atoms with Crippen LogP contribution in [0.25, 0.3) is 20.4 Å². The Kier molecular flexibility index (Phi) is 4.80. The summed E-state index contributed by atoms with van der Waals surface area (Å²) in [6.07, 6.45) is 6.51. The van der Waals surface area contributed by atoms with Crippen molar-refractivity contribution >= 4 is 43.4 Å². The molecule has 3 aromatic rings. The van der Waals surface area contributed by atoms with Gasteiger partial charge in [-0.2, -0.15) is 0 Å². The molecule has 148 valence electrons. The van der Waals surface area contributed by atoms with Gasteiger partial charge in [-0.3, -0.25) is 0 Å². The lowest BCUT2D eigenvalue weighted by Gasteiger charge is -2.31. The number of aryl methyl sites for hydroxylation is 1. The minimum absolute atomic E-state index is 0.784. The number of thiophene rings is 1. The highest BCUT2D eigenvalue weighted by Gasteiger charge is 2.26. The van der Waals surface area contributed by atoms with Crippen molar-refractivity contribution in [2.45, 2.75) is 39.5 Å². The van der Waals surface area contributed by atoms with Gasteiger partial charge in [0.25, 0.3) is 0 Å². The zero-order chi connectivity index (χ0) is 19.1. The van der Waals surface area contributed by atoms with Gasteiger partial charge in [-0.25, -0.2) is 15.0 Å². The Labute approximate surface area is 169 Å². The third-order valence-corrected chi connectivity index (χ3v) is 7.19. The van der Waals surface area contributed by atoms with Crippen molar-refractivity contribution in [2.75, 3.05) is 49.2 Å². The zero-order valence-corrected chi connectivity index (χ0v) is 17.5. The van der Waals surface area contributed by atoms with Crippen LogP contribution >= 0.6 is 11.3 Å². The molecule has 6 nitrogen and oxygen atoms in total. The van der Waals surface area contributed by atoms with Crippen LogP contribution in [0.2, 0.25) is 0 Å². The standard InChI is InChI=1S/C21H27N5OS/c1-3-25(4-2)20-16-17-18(28-21(16)23-13-22-20)14-7-5-6-8-15(14)19(24-17)26-9-11-27-12-10-26/h13H,3-12H2,1-2H3. The van der Waals surface area contributed by atoms with Crippen molar-refractivity contribution in [2.24, 2.45) is 0 Å². The number of hydrogen-bond acceptors (Lipinski definition) is 7. The molecule has 5 rings (SSSR count). The number of ether oxygens (including phenoxy) is 1. The monoisotopic (exact) mass is 397 g/mol. The molecule has 28 heavy (non-hydrogen) atoms. The molecule has 0 aromatic carbocycles.